The van der Waals surface area contributed by atoms with Gasteiger partial charge in [-0.2, -0.15) is 5.26 Å². The Morgan fingerprint density at radius 3 is 2.81 bits per heavy atom. The Hall–Kier alpha value is -1.82. The van der Waals surface area contributed by atoms with E-state index in [1.54, 1.807) is 12.1 Å². The molecule has 2 rings (SSSR count). The molecule has 1 aromatic rings. The molecule has 16 heavy (non-hydrogen) atoms. The van der Waals surface area contributed by atoms with Crippen LogP contribution in [0, 0.1) is 11.3 Å². The fourth-order valence-electron chi connectivity index (χ4n) is 2.08. The minimum Gasteiger partial charge on any atom is -0.478 e. The Bertz CT molecular complexity index is 461. The van der Waals surface area contributed by atoms with Crippen LogP contribution in [-0.2, 0) is 0 Å². The quantitative estimate of drug-likeness (QED) is 0.778. The maximum atomic E-state index is 12.2. The summed E-state index contributed by atoms with van der Waals surface area (Å²) in [6, 6.07) is 9.33. The van der Waals surface area contributed by atoms with E-state index in [0.29, 0.717) is 30.6 Å². The highest BCUT2D eigenvalue weighted by atomic mass is 16.5. The largest absolute Gasteiger partial charge is 0.478 e. The number of benzene rings is 1. The predicted molar refractivity (Wildman–Crippen MR) is 59.3 cm³/mol. The monoisotopic (exact) mass is 215 g/mol. The second-order valence-corrected chi connectivity index (χ2v) is 3.93. The molecular formula is C13H13NO2. The van der Waals surface area contributed by atoms with Gasteiger partial charge in [0.2, 0.25) is 5.78 Å². The molecule has 1 heterocycles. The Morgan fingerprint density at radius 2 is 2.19 bits per heavy atom. The average Bonchev–Trinajstić information content (AvgIpc) is 2.61. The Morgan fingerprint density at radius 1 is 1.44 bits per heavy atom. The number of ketones is 1. The van der Waals surface area contributed by atoms with Crippen molar-refractivity contribution in [3.05, 3.63) is 29.8 Å². The highest BCUT2D eigenvalue weighted by Crippen LogP contribution is 2.39. The van der Waals surface area contributed by atoms with Gasteiger partial charge in [0.25, 0.3) is 0 Å². The number of para-hydroxylation sites is 1. The van der Waals surface area contributed by atoms with E-state index < -0.39 is 5.60 Å². The van der Waals surface area contributed by atoms with Gasteiger partial charge in [-0.05, 0) is 18.6 Å². The van der Waals surface area contributed by atoms with Gasteiger partial charge in [-0.15, -0.1) is 0 Å². The number of hydrogen-bond donors (Lipinski definition) is 0. The summed E-state index contributed by atoms with van der Waals surface area (Å²) in [4.78, 5) is 12.2. The van der Waals surface area contributed by atoms with E-state index >= 15 is 0 Å². The maximum absolute atomic E-state index is 12.2. The molecular weight excluding hydrogens is 202 g/mol. The first-order valence-corrected chi connectivity index (χ1v) is 5.43. The molecule has 1 atom stereocenters. The zero-order valence-corrected chi connectivity index (χ0v) is 9.19. The molecule has 0 fully saturated rings. The number of carbonyl (C=O) groups excluding carboxylic acids is 1. The van der Waals surface area contributed by atoms with Gasteiger partial charge in [-0.25, -0.2) is 0 Å². The molecule has 82 valence electrons. The van der Waals surface area contributed by atoms with Crippen LogP contribution in [0.3, 0.4) is 0 Å². The molecule has 0 saturated carbocycles. The van der Waals surface area contributed by atoms with Gasteiger partial charge in [-0.1, -0.05) is 19.1 Å². The van der Waals surface area contributed by atoms with Crippen molar-refractivity contribution in [2.24, 2.45) is 0 Å². The van der Waals surface area contributed by atoms with Crippen LogP contribution < -0.4 is 4.74 Å². The predicted octanol–water partition coefficient (Wildman–Crippen LogP) is 2.71. The summed E-state index contributed by atoms with van der Waals surface area (Å²) in [5.41, 5.74) is -0.165. The molecule has 0 bridgehead atoms. The summed E-state index contributed by atoms with van der Waals surface area (Å²) in [6.07, 6.45) is 1.41. The van der Waals surface area contributed by atoms with E-state index in [1.165, 1.54) is 0 Å². The SMILES string of the molecule is CCC1(CCC#N)Oc2ccccc2C1=O. The van der Waals surface area contributed by atoms with Gasteiger partial charge in [0.1, 0.15) is 5.75 Å². The number of nitrogens with zero attached hydrogens (tertiary/aromatic N) is 1. The molecule has 0 spiro atoms. The molecule has 1 aromatic carbocycles. The molecule has 1 aliphatic rings. The number of fused-ring (bicyclic) bond motifs is 1. The van der Waals surface area contributed by atoms with Crippen molar-refractivity contribution >= 4 is 5.78 Å². The lowest BCUT2D eigenvalue weighted by molar-refractivity contribution is 0.0514. The summed E-state index contributed by atoms with van der Waals surface area (Å²) >= 11 is 0. The number of Topliss-reactive ketones (excluding diaryl/α,β-unsaturated/α-hetero) is 1. The van der Waals surface area contributed by atoms with Crippen molar-refractivity contribution in [3.8, 4) is 11.8 Å². The van der Waals surface area contributed by atoms with Gasteiger partial charge >= 0.3 is 0 Å². The average molecular weight is 215 g/mol. The Balaban J connectivity index is 2.34. The van der Waals surface area contributed by atoms with Crippen LogP contribution in [0.15, 0.2) is 24.3 Å². The molecule has 1 unspecified atom stereocenters. The minimum absolute atomic E-state index is 0.0147. The first-order valence-electron chi connectivity index (χ1n) is 5.43. The number of nitriles is 1. The molecule has 3 heteroatoms. The van der Waals surface area contributed by atoms with Crippen LogP contribution >= 0.6 is 0 Å². The van der Waals surface area contributed by atoms with E-state index in [0.717, 1.165) is 0 Å². The van der Waals surface area contributed by atoms with Crippen LogP contribution in [0.25, 0.3) is 0 Å². The lowest BCUT2D eigenvalue weighted by atomic mass is 9.88. The molecule has 0 saturated heterocycles. The van der Waals surface area contributed by atoms with Crippen molar-refractivity contribution in [2.75, 3.05) is 0 Å². The van der Waals surface area contributed by atoms with Gasteiger partial charge in [0.15, 0.2) is 5.60 Å². The third-order valence-corrected chi connectivity index (χ3v) is 3.06. The molecule has 0 radical (unpaired) electrons. The van der Waals surface area contributed by atoms with Crippen molar-refractivity contribution in [1.82, 2.24) is 0 Å². The zero-order chi connectivity index (χ0) is 11.6. The van der Waals surface area contributed by atoms with Crippen molar-refractivity contribution in [1.29, 1.82) is 5.26 Å². The summed E-state index contributed by atoms with van der Waals surface area (Å²) in [5.74, 6) is 0.660. The van der Waals surface area contributed by atoms with Gasteiger partial charge in [0, 0.05) is 12.8 Å². The highest BCUT2D eigenvalue weighted by Gasteiger charge is 2.45. The first kappa shape index (κ1) is 10.7. The summed E-state index contributed by atoms with van der Waals surface area (Å²) in [7, 11) is 0. The Kier molecular flexibility index (Phi) is 2.66. The number of rotatable bonds is 3. The van der Waals surface area contributed by atoms with E-state index in [2.05, 4.69) is 6.07 Å². The fraction of sp³-hybridized carbons (Fsp3) is 0.385. The van der Waals surface area contributed by atoms with Crippen LogP contribution in [0.5, 0.6) is 5.75 Å². The number of hydrogen-bond acceptors (Lipinski definition) is 3. The van der Waals surface area contributed by atoms with E-state index in [1.807, 2.05) is 19.1 Å². The second-order valence-electron chi connectivity index (χ2n) is 3.93. The lowest BCUT2D eigenvalue weighted by Crippen LogP contribution is -2.39. The summed E-state index contributed by atoms with van der Waals surface area (Å²) in [6.45, 7) is 1.92. The number of carbonyl (C=O) groups is 1. The van der Waals surface area contributed by atoms with E-state index in [-0.39, 0.29) is 5.78 Å². The molecule has 1 aliphatic heterocycles. The van der Waals surface area contributed by atoms with Gasteiger partial charge in [-0.3, -0.25) is 4.79 Å². The van der Waals surface area contributed by atoms with Gasteiger partial charge in [0.05, 0.1) is 11.6 Å². The first-order chi connectivity index (χ1) is 7.73. The summed E-state index contributed by atoms with van der Waals surface area (Å²) < 4.78 is 5.76. The topological polar surface area (TPSA) is 50.1 Å². The second kappa shape index (κ2) is 3.97. The molecule has 0 N–H and O–H groups in total. The van der Waals surface area contributed by atoms with Crippen LogP contribution in [0.4, 0.5) is 0 Å². The molecule has 0 aliphatic carbocycles. The molecule has 0 amide bonds. The van der Waals surface area contributed by atoms with Crippen LogP contribution in [-0.4, -0.2) is 11.4 Å². The normalized spacial score (nSPS) is 22.4. The smallest absolute Gasteiger partial charge is 0.210 e. The Labute approximate surface area is 94.6 Å². The number of ether oxygens (including phenoxy) is 1. The van der Waals surface area contributed by atoms with E-state index in [4.69, 9.17) is 10.00 Å². The van der Waals surface area contributed by atoms with Crippen molar-refractivity contribution in [2.45, 2.75) is 31.8 Å². The molecule has 0 aromatic heterocycles. The third-order valence-electron chi connectivity index (χ3n) is 3.06. The lowest BCUT2D eigenvalue weighted by Gasteiger charge is -2.24. The zero-order valence-electron chi connectivity index (χ0n) is 9.19. The fourth-order valence-corrected chi connectivity index (χ4v) is 2.08. The van der Waals surface area contributed by atoms with E-state index in [9.17, 15) is 4.79 Å². The van der Waals surface area contributed by atoms with Crippen LogP contribution in [0.2, 0.25) is 0 Å². The van der Waals surface area contributed by atoms with Crippen LogP contribution in [0.1, 0.15) is 36.5 Å². The molecule has 3 nitrogen and oxygen atoms in total. The highest BCUT2D eigenvalue weighted by molar-refractivity contribution is 6.07. The van der Waals surface area contributed by atoms with Crippen molar-refractivity contribution < 1.29 is 9.53 Å². The summed E-state index contributed by atoms with van der Waals surface area (Å²) in [5, 5.41) is 8.62. The maximum Gasteiger partial charge on any atom is 0.210 e. The van der Waals surface area contributed by atoms with Gasteiger partial charge < -0.3 is 4.74 Å². The van der Waals surface area contributed by atoms with Crippen molar-refractivity contribution in [3.63, 3.8) is 0 Å². The standard InChI is InChI=1S/C13H13NO2/c1-2-13(8-5-9-14)12(15)10-6-3-4-7-11(10)16-13/h3-4,6-7H,2,5,8H2,1H3. The minimum atomic E-state index is -0.806. The third kappa shape index (κ3) is 1.47.